The minimum atomic E-state index is -0.339. The predicted molar refractivity (Wildman–Crippen MR) is 86.6 cm³/mol. The van der Waals surface area contributed by atoms with Gasteiger partial charge in [0.1, 0.15) is 5.82 Å². The van der Waals surface area contributed by atoms with Gasteiger partial charge in [-0.2, -0.15) is 0 Å². The zero-order valence-corrected chi connectivity index (χ0v) is 13.4. The molecule has 0 bridgehead atoms. The van der Waals surface area contributed by atoms with E-state index in [0.29, 0.717) is 41.9 Å². The summed E-state index contributed by atoms with van der Waals surface area (Å²) in [5, 5.41) is 3.37. The van der Waals surface area contributed by atoms with Gasteiger partial charge in [-0.25, -0.2) is 9.37 Å². The Bertz CT molecular complexity index is 733. The molecule has 1 aromatic carbocycles. The molecule has 24 heavy (non-hydrogen) atoms. The van der Waals surface area contributed by atoms with Gasteiger partial charge in [-0.15, -0.1) is 0 Å². The number of carbonyl (C=O) groups is 1. The maximum absolute atomic E-state index is 13.8. The molecule has 1 N–H and O–H groups in total. The first-order chi connectivity index (χ1) is 11.7. The van der Waals surface area contributed by atoms with Crippen LogP contribution in [-0.4, -0.2) is 42.0 Å². The summed E-state index contributed by atoms with van der Waals surface area (Å²) in [6.45, 7) is 3.73. The Morgan fingerprint density at radius 2 is 2.04 bits per heavy atom. The number of aryl methyl sites for hydroxylation is 1. The van der Waals surface area contributed by atoms with Gasteiger partial charge < -0.3 is 14.6 Å². The Morgan fingerprint density at radius 3 is 2.79 bits per heavy atom. The van der Waals surface area contributed by atoms with E-state index in [1.165, 1.54) is 12.3 Å². The van der Waals surface area contributed by atoms with Crippen molar-refractivity contribution >= 4 is 5.91 Å². The van der Waals surface area contributed by atoms with Crippen molar-refractivity contribution < 1.29 is 13.6 Å². The first kappa shape index (κ1) is 15.3. The number of halogens is 1. The van der Waals surface area contributed by atoms with Crippen molar-refractivity contribution in [1.29, 1.82) is 0 Å². The summed E-state index contributed by atoms with van der Waals surface area (Å²) >= 11 is 0. The van der Waals surface area contributed by atoms with Crippen LogP contribution in [0.2, 0.25) is 0 Å². The third-order valence-electron chi connectivity index (χ3n) is 4.99. The van der Waals surface area contributed by atoms with Gasteiger partial charge in [-0.3, -0.25) is 4.79 Å². The second-order valence-electron chi connectivity index (χ2n) is 6.58. The van der Waals surface area contributed by atoms with Crippen LogP contribution in [-0.2, 0) is 11.2 Å². The topological polar surface area (TPSA) is 58.4 Å². The Kier molecular flexibility index (Phi) is 4.06. The maximum Gasteiger partial charge on any atom is 0.223 e. The standard InChI is InChI=1S/C18H20FN3O2/c19-15-4-2-1-3-14(15)16-9-21-17(24-16)5-6-18(23)22-10-12-7-20-8-13(12)11-22/h1-4,9,12-13,20H,5-8,10-11H2/t12-,13+. The van der Waals surface area contributed by atoms with E-state index in [-0.39, 0.29) is 11.7 Å². The fourth-order valence-corrected chi connectivity index (χ4v) is 3.64. The quantitative estimate of drug-likeness (QED) is 0.933. The SMILES string of the molecule is O=C(CCc1ncc(-c2ccccc2F)o1)N1C[C@H]2CNC[C@H]2C1. The number of benzene rings is 1. The van der Waals surface area contributed by atoms with E-state index in [1.54, 1.807) is 18.2 Å². The molecule has 2 aromatic rings. The minimum Gasteiger partial charge on any atom is -0.441 e. The Labute approximate surface area is 139 Å². The summed E-state index contributed by atoms with van der Waals surface area (Å²) in [7, 11) is 0. The van der Waals surface area contributed by atoms with Crippen LogP contribution < -0.4 is 5.32 Å². The number of aromatic nitrogens is 1. The van der Waals surface area contributed by atoms with Gasteiger partial charge in [-0.05, 0) is 24.0 Å². The molecule has 2 atom stereocenters. The molecule has 2 aliphatic rings. The Morgan fingerprint density at radius 1 is 1.29 bits per heavy atom. The number of hydrogen-bond donors (Lipinski definition) is 1. The summed E-state index contributed by atoms with van der Waals surface area (Å²) in [4.78, 5) is 18.5. The second kappa shape index (κ2) is 6.36. The fourth-order valence-electron chi connectivity index (χ4n) is 3.64. The molecule has 0 aliphatic carbocycles. The van der Waals surface area contributed by atoms with E-state index in [4.69, 9.17) is 4.42 Å². The lowest BCUT2D eigenvalue weighted by Crippen LogP contribution is -2.32. The molecule has 126 valence electrons. The van der Waals surface area contributed by atoms with Crippen molar-refractivity contribution in [2.45, 2.75) is 12.8 Å². The normalized spacial score (nSPS) is 22.8. The number of oxazole rings is 1. The van der Waals surface area contributed by atoms with Crippen LogP contribution >= 0.6 is 0 Å². The predicted octanol–water partition coefficient (Wildman–Crippen LogP) is 2.09. The number of rotatable bonds is 4. The average molecular weight is 329 g/mol. The molecule has 6 heteroatoms. The van der Waals surface area contributed by atoms with Crippen molar-refractivity contribution in [2.24, 2.45) is 11.8 Å². The van der Waals surface area contributed by atoms with Crippen LogP contribution in [0.25, 0.3) is 11.3 Å². The molecule has 3 heterocycles. The van der Waals surface area contributed by atoms with Crippen molar-refractivity contribution in [3.05, 3.63) is 42.2 Å². The van der Waals surface area contributed by atoms with Gasteiger partial charge in [-0.1, -0.05) is 12.1 Å². The highest BCUT2D eigenvalue weighted by atomic mass is 19.1. The van der Waals surface area contributed by atoms with E-state index in [2.05, 4.69) is 10.3 Å². The van der Waals surface area contributed by atoms with Gasteiger partial charge in [0.05, 0.1) is 11.8 Å². The number of amides is 1. The molecule has 1 aromatic heterocycles. The van der Waals surface area contributed by atoms with Crippen LogP contribution in [0.4, 0.5) is 4.39 Å². The van der Waals surface area contributed by atoms with Gasteiger partial charge in [0.2, 0.25) is 5.91 Å². The average Bonchev–Trinajstić information content (AvgIpc) is 3.28. The molecule has 5 nitrogen and oxygen atoms in total. The first-order valence-corrected chi connectivity index (χ1v) is 8.39. The van der Waals surface area contributed by atoms with Gasteiger partial charge in [0.15, 0.2) is 11.7 Å². The highest BCUT2D eigenvalue weighted by Crippen LogP contribution is 2.27. The molecule has 1 amide bonds. The van der Waals surface area contributed by atoms with E-state index in [9.17, 15) is 9.18 Å². The summed E-state index contributed by atoms with van der Waals surface area (Å²) in [6.07, 6.45) is 2.34. The van der Waals surface area contributed by atoms with Crippen molar-refractivity contribution in [3.8, 4) is 11.3 Å². The highest BCUT2D eigenvalue weighted by Gasteiger charge is 2.37. The number of carbonyl (C=O) groups excluding carboxylic acids is 1. The van der Waals surface area contributed by atoms with E-state index < -0.39 is 0 Å². The zero-order valence-electron chi connectivity index (χ0n) is 13.4. The first-order valence-electron chi connectivity index (χ1n) is 8.39. The van der Waals surface area contributed by atoms with Crippen LogP contribution in [0.3, 0.4) is 0 Å². The van der Waals surface area contributed by atoms with E-state index in [1.807, 2.05) is 4.90 Å². The lowest BCUT2D eigenvalue weighted by Gasteiger charge is -2.16. The number of nitrogens with one attached hydrogen (secondary N) is 1. The molecule has 0 radical (unpaired) electrons. The molecule has 2 aliphatic heterocycles. The molecule has 0 unspecified atom stereocenters. The smallest absolute Gasteiger partial charge is 0.223 e. The van der Waals surface area contributed by atoms with Crippen LogP contribution in [0.1, 0.15) is 12.3 Å². The number of nitrogens with zero attached hydrogens (tertiary/aromatic N) is 2. The summed E-state index contributed by atoms with van der Waals surface area (Å²) in [5.74, 6) is 1.88. The molecule has 0 saturated carbocycles. The minimum absolute atomic E-state index is 0.148. The molecular weight excluding hydrogens is 309 g/mol. The van der Waals surface area contributed by atoms with Crippen molar-refractivity contribution in [1.82, 2.24) is 15.2 Å². The Balaban J connectivity index is 1.35. The number of fused-ring (bicyclic) bond motifs is 1. The van der Waals surface area contributed by atoms with Crippen LogP contribution in [0.15, 0.2) is 34.9 Å². The van der Waals surface area contributed by atoms with Crippen molar-refractivity contribution in [2.75, 3.05) is 26.2 Å². The monoisotopic (exact) mass is 329 g/mol. The molecule has 0 spiro atoms. The lowest BCUT2D eigenvalue weighted by atomic mass is 10.0. The summed E-state index contributed by atoms with van der Waals surface area (Å²) in [6, 6.07) is 6.43. The van der Waals surface area contributed by atoms with Gasteiger partial charge >= 0.3 is 0 Å². The van der Waals surface area contributed by atoms with Crippen molar-refractivity contribution in [3.63, 3.8) is 0 Å². The largest absolute Gasteiger partial charge is 0.441 e. The van der Waals surface area contributed by atoms with Crippen LogP contribution in [0, 0.1) is 17.7 Å². The second-order valence-corrected chi connectivity index (χ2v) is 6.58. The highest BCUT2D eigenvalue weighted by molar-refractivity contribution is 5.76. The third-order valence-corrected chi connectivity index (χ3v) is 4.99. The zero-order chi connectivity index (χ0) is 16.5. The van der Waals surface area contributed by atoms with Gasteiger partial charge in [0.25, 0.3) is 0 Å². The Hall–Kier alpha value is -2.21. The maximum atomic E-state index is 13.8. The van der Waals surface area contributed by atoms with Gasteiger partial charge in [0, 0.05) is 39.0 Å². The lowest BCUT2D eigenvalue weighted by molar-refractivity contribution is -0.130. The number of likely N-dealkylation sites (tertiary alicyclic amines) is 1. The molecule has 4 rings (SSSR count). The molecular formula is C18H20FN3O2. The number of hydrogen-bond acceptors (Lipinski definition) is 4. The third kappa shape index (κ3) is 2.94. The van der Waals surface area contributed by atoms with E-state index in [0.717, 1.165) is 26.2 Å². The fraction of sp³-hybridized carbons (Fsp3) is 0.444. The van der Waals surface area contributed by atoms with E-state index >= 15 is 0 Å². The molecule has 2 saturated heterocycles. The summed E-state index contributed by atoms with van der Waals surface area (Å²) in [5.41, 5.74) is 0.391. The molecule has 2 fully saturated rings. The van der Waals surface area contributed by atoms with Crippen LogP contribution in [0.5, 0.6) is 0 Å². The summed E-state index contributed by atoms with van der Waals surface area (Å²) < 4.78 is 19.4.